The Morgan fingerprint density at radius 2 is 1.77 bits per heavy atom. The Labute approximate surface area is 305 Å². The van der Waals surface area contributed by atoms with Gasteiger partial charge in [0, 0.05) is 48.2 Å². The van der Waals surface area contributed by atoms with E-state index < -0.39 is 58.7 Å². The highest BCUT2D eigenvalue weighted by Crippen LogP contribution is 2.46. The molecule has 274 valence electrons. The van der Waals surface area contributed by atoms with E-state index >= 15 is 0 Å². The summed E-state index contributed by atoms with van der Waals surface area (Å²) in [7, 11) is 3.22. The number of aromatic nitrogens is 1. The van der Waals surface area contributed by atoms with Gasteiger partial charge in [0.05, 0.1) is 0 Å². The van der Waals surface area contributed by atoms with Gasteiger partial charge >= 0.3 is 29.8 Å². The van der Waals surface area contributed by atoms with Crippen molar-refractivity contribution in [3.63, 3.8) is 0 Å². The first-order chi connectivity index (χ1) is 24.7. The summed E-state index contributed by atoms with van der Waals surface area (Å²) in [6.45, 7) is 1.96. The molecule has 1 aromatic heterocycles. The zero-order valence-electron chi connectivity index (χ0n) is 28.3. The van der Waals surface area contributed by atoms with Crippen LogP contribution < -0.4 is 31.0 Å². The molecule has 0 unspecified atom stereocenters. The Balaban J connectivity index is 1.36. The molecule has 2 aromatic rings. The second-order valence-electron chi connectivity index (χ2n) is 12.2. The van der Waals surface area contributed by atoms with E-state index in [0.717, 1.165) is 21.6 Å². The molecule has 0 aliphatic carbocycles. The number of aliphatic carboxylic acids is 1. The van der Waals surface area contributed by atoms with Crippen molar-refractivity contribution in [2.24, 2.45) is 5.73 Å². The van der Waals surface area contributed by atoms with Crippen LogP contribution in [0.2, 0.25) is 0 Å². The number of primary amides is 1. The molecule has 1 aromatic carbocycles. The summed E-state index contributed by atoms with van der Waals surface area (Å²) < 4.78 is 1.33. The van der Waals surface area contributed by atoms with Crippen molar-refractivity contribution in [3.05, 3.63) is 71.7 Å². The average molecular weight is 756 g/mol. The van der Waals surface area contributed by atoms with Gasteiger partial charge in [0.15, 0.2) is 0 Å². The first-order valence-electron chi connectivity index (χ1n) is 15.9. The Morgan fingerprint density at radius 1 is 1.10 bits per heavy atom. The van der Waals surface area contributed by atoms with Crippen molar-refractivity contribution in [3.8, 4) is 0 Å². The predicted molar refractivity (Wildman–Crippen MR) is 186 cm³/mol. The fourth-order valence-corrected chi connectivity index (χ4v) is 8.26. The molecule has 0 saturated carbocycles. The third-order valence-corrected chi connectivity index (χ3v) is 11.4. The second-order valence-corrected chi connectivity index (χ2v) is 14.3. The van der Waals surface area contributed by atoms with Crippen LogP contribution in [0.4, 0.5) is 9.59 Å². The van der Waals surface area contributed by atoms with E-state index in [9.17, 15) is 43.5 Å². The molecule has 6 N–H and O–H groups in total. The van der Waals surface area contributed by atoms with Crippen LogP contribution in [0.15, 0.2) is 71.0 Å². The number of benzene rings is 1. The van der Waals surface area contributed by atoms with Crippen molar-refractivity contribution in [2.75, 3.05) is 45.2 Å². The van der Waals surface area contributed by atoms with Crippen molar-refractivity contribution in [2.45, 2.75) is 28.9 Å². The van der Waals surface area contributed by atoms with Crippen molar-refractivity contribution in [1.82, 2.24) is 35.2 Å². The molecule has 52 heavy (non-hydrogen) atoms. The summed E-state index contributed by atoms with van der Waals surface area (Å²) in [5.41, 5.74) is 3.77. The number of amides is 9. The molecule has 3 atom stereocenters. The lowest BCUT2D eigenvalue weighted by atomic mass is 9.94. The molecular weight excluding hydrogens is 719 g/mol. The van der Waals surface area contributed by atoms with Gasteiger partial charge in [-0.3, -0.25) is 33.8 Å². The van der Waals surface area contributed by atoms with Crippen LogP contribution >= 0.6 is 23.5 Å². The summed E-state index contributed by atoms with van der Waals surface area (Å²) in [5.74, 6) is -4.89. The zero-order chi connectivity index (χ0) is 38.0. The lowest BCUT2D eigenvalue weighted by Crippen LogP contribution is -2.85. The number of hydrogen-bond donors (Lipinski definition) is 5. The number of quaternary nitrogens is 1. The largest absolute Gasteiger partial charge is 0.477 e. The lowest BCUT2D eigenvalue weighted by Gasteiger charge is -2.56. The standard InChI is InChI=1S/C32H35N9O9S2/c1-4-37-14-15-39(26(45)25(37)44)31(50)35-22(19-8-6-5-7-9-19)24(43)36-32(34-18-42)28(48)40-23(27(46)47)20(17-52-29(32)40)16-51-21-10-12-38(13-11-21)41(2,3)30(33)49/h5-13,18,22,29H,4,14-17H2,1-3H3,(H4-2,33,34,35,36,42,43,46,47,49,50)/p+2/t22-,29-,32-/m1/s1. The van der Waals surface area contributed by atoms with E-state index in [1.54, 1.807) is 68.4 Å². The van der Waals surface area contributed by atoms with Crippen LogP contribution in [0, 0.1) is 0 Å². The van der Waals surface area contributed by atoms with Crippen LogP contribution in [0.1, 0.15) is 18.5 Å². The summed E-state index contributed by atoms with van der Waals surface area (Å²) in [5, 5.41) is 16.5. The first-order valence-corrected chi connectivity index (χ1v) is 17.9. The summed E-state index contributed by atoms with van der Waals surface area (Å²) in [6, 6.07) is 8.28. The van der Waals surface area contributed by atoms with Gasteiger partial charge in [0.25, 0.3) is 5.91 Å². The maximum Gasteiger partial charge on any atom is 0.470 e. The van der Waals surface area contributed by atoms with Gasteiger partial charge in [-0.1, -0.05) is 30.3 Å². The number of carbonyl (C=O) groups is 8. The van der Waals surface area contributed by atoms with Crippen LogP contribution in [0.25, 0.3) is 0 Å². The highest BCUT2D eigenvalue weighted by Gasteiger charge is 2.66. The zero-order valence-corrected chi connectivity index (χ0v) is 29.9. The Bertz CT molecular complexity index is 1860. The quantitative estimate of drug-likeness (QED) is 0.0328. The Morgan fingerprint density at radius 3 is 2.37 bits per heavy atom. The second kappa shape index (κ2) is 15.0. The third kappa shape index (κ3) is 6.91. The molecule has 0 bridgehead atoms. The molecule has 18 nitrogen and oxygen atoms in total. The molecule has 2 saturated heterocycles. The van der Waals surface area contributed by atoms with Gasteiger partial charge in [-0.25, -0.2) is 14.4 Å². The van der Waals surface area contributed by atoms with Crippen molar-refractivity contribution in [1.29, 1.82) is 0 Å². The number of carboxylic acid groups (broad SMARTS) is 1. The molecule has 3 aliphatic heterocycles. The Kier molecular flexibility index (Phi) is 10.9. The molecule has 20 heteroatoms. The highest BCUT2D eigenvalue weighted by molar-refractivity contribution is 8.01. The number of carbonyl (C=O) groups excluding carboxylic acids is 7. The molecular formula is C32H37N9O9S2+2. The summed E-state index contributed by atoms with van der Waals surface area (Å²) >= 11 is 2.42. The molecule has 3 aliphatic rings. The number of nitrogens with one attached hydrogen (secondary N) is 3. The van der Waals surface area contributed by atoms with Gasteiger partial charge in [-0.15, -0.1) is 23.5 Å². The number of nitrogens with zero attached hydrogens (tertiary/aromatic N) is 5. The minimum absolute atomic E-state index is 0.103. The molecule has 9 amide bonds. The number of rotatable bonds is 12. The fraction of sp³-hybridized carbons (Fsp3) is 0.344. The molecule has 4 heterocycles. The van der Waals surface area contributed by atoms with Crippen LogP contribution in [0.3, 0.4) is 0 Å². The van der Waals surface area contributed by atoms with Crippen LogP contribution in [-0.2, 0) is 28.8 Å². The number of hydrogen-bond acceptors (Lipinski definition) is 10. The molecule has 0 radical (unpaired) electrons. The van der Waals surface area contributed by atoms with E-state index in [0.29, 0.717) is 10.5 Å². The maximum atomic E-state index is 14.0. The summed E-state index contributed by atoms with van der Waals surface area (Å²) in [4.78, 5) is 106. The van der Waals surface area contributed by atoms with Crippen molar-refractivity contribution < 1.29 is 48.1 Å². The molecule has 0 spiro atoms. The average Bonchev–Trinajstić information content (AvgIpc) is 3.13. The van der Waals surface area contributed by atoms with E-state index in [-0.39, 0.29) is 53.4 Å². The minimum atomic E-state index is -2.09. The van der Waals surface area contributed by atoms with Crippen LogP contribution in [-0.4, -0.2) is 124 Å². The number of likely N-dealkylation sites (N-methyl/N-ethyl adjacent to an activating group) is 1. The fourth-order valence-electron chi connectivity index (χ4n) is 5.81. The number of fused-ring (bicyclic) bond motifs is 1. The van der Waals surface area contributed by atoms with E-state index in [2.05, 4.69) is 16.0 Å². The topological polar surface area (TPSA) is 232 Å². The van der Waals surface area contributed by atoms with E-state index in [4.69, 9.17) is 5.73 Å². The van der Waals surface area contributed by atoms with Crippen LogP contribution in [0.5, 0.6) is 0 Å². The Hall–Kier alpha value is -5.47. The minimum Gasteiger partial charge on any atom is -0.477 e. The first kappa shape index (κ1) is 37.8. The maximum absolute atomic E-state index is 14.0. The number of pyridine rings is 1. The van der Waals surface area contributed by atoms with Crippen molar-refractivity contribution >= 4 is 71.6 Å². The molecule has 2 fully saturated rings. The number of urea groups is 2. The van der Waals surface area contributed by atoms with Gasteiger partial charge in [0.1, 0.15) is 31.2 Å². The van der Waals surface area contributed by atoms with E-state index in [1.807, 2.05) is 0 Å². The van der Waals surface area contributed by atoms with Gasteiger partial charge < -0.3 is 31.7 Å². The number of β-lactam (4-membered cyclic amide) rings is 1. The monoisotopic (exact) mass is 755 g/mol. The number of nitrogens with two attached hydrogens (primary N) is 1. The van der Waals surface area contributed by atoms with Gasteiger partial charge in [-0.2, -0.15) is 0 Å². The number of carboxylic acids is 1. The smallest absolute Gasteiger partial charge is 0.470 e. The lowest BCUT2D eigenvalue weighted by molar-refractivity contribution is -0.796. The predicted octanol–water partition coefficient (Wildman–Crippen LogP) is -1.20. The summed E-state index contributed by atoms with van der Waals surface area (Å²) in [6.07, 6.45) is 3.52. The highest BCUT2D eigenvalue weighted by atomic mass is 32.2. The molecule has 5 rings (SSSR count). The third-order valence-electron chi connectivity index (χ3n) is 8.87. The van der Waals surface area contributed by atoms with E-state index in [1.165, 1.54) is 28.8 Å². The number of thioether (sulfide) groups is 2. The number of piperazine rings is 1. The normalized spacial score (nSPS) is 20.8. The van der Waals surface area contributed by atoms with Gasteiger partial charge in [0.2, 0.25) is 30.4 Å². The van der Waals surface area contributed by atoms with Gasteiger partial charge in [-0.05, 0) is 27.3 Å². The number of imide groups is 1. The SMILES string of the molecule is CCN1CCN(C(=O)N[C@@H](C(=O)N[C@]2(NC=O)C(=O)N3C(C(=O)O)=C(CSc4cc[n+]([N+](C)(C)C(N)=O)cc4)CS[C@@H]32)c2ccccc2)C(=O)C1=O.